The van der Waals surface area contributed by atoms with Crippen LogP contribution in [0.1, 0.15) is 76.8 Å². The predicted octanol–water partition coefficient (Wildman–Crippen LogP) is 4.59. The summed E-state index contributed by atoms with van der Waals surface area (Å²) in [5, 5.41) is 2.61. The molecule has 0 aromatic heterocycles. The molecule has 2 aromatic rings. The van der Waals surface area contributed by atoms with E-state index < -0.39 is 12.0 Å². The lowest BCUT2D eigenvalue weighted by molar-refractivity contribution is -0.144. The van der Waals surface area contributed by atoms with Crippen LogP contribution in [-0.2, 0) is 9.53 Å². The Bertz CT molecular complexity index is 898. The summed E-state index contributed by atoms with van der Waals surface area (Å²) in [7, 11) is 0. The second kappa shape index (κ2) is 10.2. The molecule has 3 rings (SSSR count). The maximum Gasteiger partial charge on any atom is 0.328 e. The number of esters is 1. The summed E-state index contributed by atoms with van der Waals surface area (Å²) in [5.41, 5.74) is 3.23. The van der Waals surface area contributed by atoms with Crippen LogP contribution in [0.4, 0.5) is 0 Å². The molecule has 0 radical (unpaired) electrons. The lowest BCUT2D eigenvalue weighted by Gasteiger charge is -2.22. The summed E-state index contributed by atoms with van der Waals surface area (Å²) in [6, 6.07) is 13.9. The fourth-order valence-corrected chi connectivity index (χ4v) is 3.85. The Morgan fingerprint density at radius 3 is 2.37 bits per heavy atom. The van der Waals surface area contributed by atoms with Crippen molar-refractivity contribution in [3.05, 3.63) is 70.8 Å². The highest BCUT2D eigenvalue weighted by atomic mass is 16.5. The number of ketones is 1. The van der Waals surface area contributed by atoms with Gasteiger partial charge in [0.25, 0.3) is 5.91 Å². The van der Waals surface area contributed by atoms with Crippen LogP contribution in [0.25, 0.3) is 0 Å². The minimum Gasteiger partial charge on any atom is -0.456 e. The van der Waals surface area contributed by atoms with Crippen LogP contribution in [0.15, 0.2) is 48.5 Å². The van der Waals surface area contributed by atoms with Crippen LogP contribution in [0.5, 0.6) is 0 Å². The maximum absolute atomic E-state index is 12.4. The van der Waals surface area contributed by atoms with Crippen molar-refractivity contribution >= 4 is 17.7 Å². The standard InChI is InChI=1S/C25H29NO4/c1-17-7-6-10-22(15-17)24(28)26-18(2)25(29)30-16-23(27)21-13-11-20(12-14-21)19-8-4-3-5-9-19/h6-7,10-15,18-19H,3-5,8-9,16H2,1-2H3,(H,26,28)/t18-/m0/s1. The molecule has 0 aliphatic heterocycles. The number of carbonyl (C=O) groups excluding carboxylic acids is 3. The molecule has 158 valence electrons. The zero-order valence-electron chi connectivity index (χ0n) is 17.6. The summed E-state index contributed by atoms with van der Waals surface area (Å²) in [5.74, 6) is -0.662. The summed E-state index contributed by atoms with van der Waals surface area (Å²) in [6.45, 7) is 3.09. The van der Waals surface area contributed by atoms with Gasteiger partial charge in [-0.3, -0.25) is 9.59 Å². The Balaban J connectivity index is 1.48. The fraction of sp³-hybridized carbons (Fsp3) is 0.400. The van der Waals surface area contributed by atoms with Crippen molar-refractivity contribution in [2.45, 2.75) is 57.9 Å². The first kappa shape index (κ1) is 21.8. The number of benzene rings is 2. The number of amides is 1. The van der Waals surface area contributed by atoms with Crippen LogP contribution in [-0.4, -0.2) is 30.3 Å². The third kappa shape index (κ3) is 5.78. The van der Waals surface area contributed by atoms with Gasteiger partial charge in [0, 0.05) is 11.1 Å². The van der Waals surface area contributed by atoms with Gasteiger partial charge in [0.1, 0.15) is 6.04 Å². The lowest BCUT2D eigenvalue weighted by atomic mass is 9.84. The Morgan fingerprint density at radius 2 is 1.70 bits per heavy atom. The van der Waals surface area contributed by atoms with Crippen molar-refractivity contribution in [1.29, 1.82) is 0 Å². The minimum atomic E-state index is -0.848. The Labute approximate surface area is 177 Å². The molecule has 0 bridgehead atoms. The van der Waals surface area contributed by atoms with Gasteiger partial charge in [-0.2, -0.15) is 0 Å². The average molecular weight is 408 g/mol. The molecule has 2 aromatic carbocycles. The largest absolute Gasteiger partial charge is 0.456 e. The van der Waals surface area contributed by atoms with Gasteiger partial charge in [-0.05, 0) is 50.3 Å². The van der Waals surface area contributed by atoms with Crippen molar-refractivity contribution in [1.82, 2.24) is 5.32 Å². The SMILES string of the molecule is Cc1cccc(C(=O)N[C@@H](C)C(=O)OCC(=O)c2ccc(C3CCCCC3)cc2)c1. The van der Waals surface area contributed by atoms with Gasteiger partial charge in [-0.25, -0.2) is 4.79 Å². The molecule has 0 spiro atoms. The summed E-state index contributed by atoms with van der Waals surface area (Å²) < 4.78 is 5.12. The molecule has 5 nitrogen and oxygen atoms in total. The molecule has 0 heterocycles. The molecule has 1 saturated carbocycles. The van der Waals surface area contributed by atoms with E-state index in [1.54, 1.807) is 25.1 Å². The average Bonchev–Trinajstić information content (AvgIpc) is 2.77. The second-order valence-electron chi connectivity index (χ2n) is 8.05. The molecule has 1 fully saturated rings. The minimum absolute atomic E-state index is 0.254. The van der Waals surface area contributed by atoms with Crippen molar-refractivity contribution in [2.24, 2.45) is 0 Å². The van der Waals surface area contributed by atoms with Crippen molar-refractivity contribution < 1.29 is 19.1 Å². The van der Waals surface area contributed by atoms with E-state index in [9.17, 15) is 14.4 Å². The van der Waals surface area contributed by atoms with E-state index in [4.69, 9.17) is 4.74 Å². The molecular formula is C25H29NO4. The van der Waals surface area contributed by atoms with Gasteiger partial charge in [-0.1, -0.05) is 61.2 Å². The molecule has 1 N–H and O–H groups in total. The topological polar surface area (TPSA) is 72.5 Å². The van der Waals surface area contributed by atoms with E-state index in [1.165, 1.54) is 37.7 Å². The third-order valence-corrected chi connectivity index (χ3v) is 5.64. The van der Waals surface area contributed by atoms with Crippen molar-refractivity contribution in [3.63, 3.8) is 0 Å². The van der Waals surface area contributed by atoms with Gasteiger partial charge in [-0.15, -0.1) is 0 Å². The quantitative estimate of drug-likeness (QED) is 0.538. The number of nitrogens with one attached hydrogen (secondary N) is 1. The third-order valence-electron chi connectivity index (χ3n) is 5.64. The molecule has 1 aliphatic rings. The number of ether oxygens (including phenoxy) is 1. The molecule has 1 amide bonds. The monoisotopic (exact) mass is 407 g/mol. The maximum atomic E-state index is 12.4. The van der Waals surface area contributed by atoms with Gasteiger partial charge < -0.3 is 10.1 Å². The molecular weight excluding hydrogens is 378 g/mol. The van der Waals surface area contributed by atoms with Gasteiger partial charge in [0.2, 0.25) is 0 Å². The number of carbonyl (C=O) groups is 3. The second-order valence-corrected chi connectivity index (χ2v) is 8.05. The fourth-order valence-electron chi connectivity index (χ4n) is 3.85. The van der Waals surface area contributed by atoms with Crippen LogP contribution >= 0.6 is 0 Å². The number of hydrogen-bond acceptors (Lipinski definition) is 4. The zero-order valence-corrected chi connectivity index (χ0v) is 17.6. The van der Waals surface area contributed by atoms with Gasteiger partial charge >= 0.3 is 5.97 Å². The van der Waals surface area contributed by atoms with Crippen LogP contribution in [0.2, 0.25) is 0 Å². The smallest absolute Gasteiger partial charge is 0.328 e. The Morgan fingerprint density at radius 1 is 1.00 bits per heavy atom. The van der Waals surface area contributed by atoms with E-state index in [1.807, 2.05) is 37.3 Å². The van der Waals surface area contributed by atoms with E-state index in [0.29, 0.717) is 17.0 Å². The normalized spacial score (nSPS) is 15.3. The first-order valence-electron chi connectivity index (χ1n) is 10.6. The highest BCUT2D eigenvalue weighted by molar-refractivity contribution is 5.99. The number of aryl methyl sites for hydroxylation is 1. The number of hydrogen-bond donors (Lipinski definition) is 1. The number of rotatable bonds is 7. The van der Waals surface area contributed by atoms with Crippen molar-refractivity contribution in [2.75, 3.05) is 6.61 Å². The van der Waals surface area contributed by atoms with Crippen LogP contribution in [0, 0.1) is 6.92 Å². The van der Waals surface area contributed by atoms with E-state index >= 15 is 0 Å². The highest BCUT2D eigenvalue weighted by Gasteiger charge is 2.20. The van der Waals surface area contributed by atoms with Crippen LogP contribution < -0.4 is 5.32 Å². The highest BCUT2D eigenvalue weighted by Crippen LogP contribution is 2.32. The number of Topliss-reactive ketones (excluding diaryl/α,β-unsaturated/α-hetero) is 1. The molecule has 30 heavy (non-hydrogen) atoms. The molecule has 0 unspecified atom stereocenters. The van der Waals surface area contributed by atoms with Crippen LogP contribution in [0.3, 0.4) is 0 Å². The van der Waals surface area contributed by atoms with E-state index in [-0.39, 0.29) is 18.3 Å². The predicted molar refractivity (Wildman–Crippen MR) is 116 cm³/mol. The first-order chi connectivity index (χ1) is 14.4. The summed E-state index contributed by atoms with van der Waals surface area (Å²) >= 11 is 0. The van der Waals surface area contributed by atoms with Crippen molar-refractivity contribution in [3.8, 4) is 0 Å². The molecule has 5 heteroatoms. The molecule has 0 saturated heterocycles. The van der Waals surface area contributed by atoms with E-state index in [0.717, 1.165) is 5.56 Å². The summed E-state index contributed by atoms with van der Waals surface area (Å²) in [4.78, 5) is 36.8. The Kier molecular flexibility index (Phi) is 7.39. The van der Waals surface area contributed by atoms with E-state index in [2.05, 4.69) is 5.32 Å². The Hall–Kier alpha value is -2.95. The summed E-state index contributed by atoms with van der Waals surface area (Å²) in [6.07, 6.45) is 6.25. The van der Waals surface area contributed by atoms with Gasteiger partial charge in [0.15, 0.2) is 12.4 Å². The first-order valence-corrected chi connectivity index (χ1v) is 10.6. The zero-order chi connectivity index (χ0) is 21.5. The van der Waals surface area contributed by atoms with Gasteiger partial charge in [0.05, 0.1) is 0 Å². The molecule has 1 aliphatic carbocycles. The lowest BCUT2D eigenvalue weighted by Crippen LogP contribution is -2.40. The molecule has 1 atom stereocenters.